The van der Waals surface area contributed by atoms with Crippen molar-refractivity contribution in [3.05, 3.63) is 73.0 Å². The molecule has 1 saturated heterocycles. The van der Waals surface area contributed by atoms with E-state index in [9.17, 15) is 18.0 Å². The van der Waals surface area contributed by atoms with Gasteiger partial charge in [0.05, 0.1) is 29.0 Å². The molecular weight excluding hydrogens is 535 g/mol. The largest absolute Gasteiger partial charge is 0.489 e. The van der Waals surface area contributed by atoms with Crippen molar-refractivity contribution in [1.82, 2.24) is 24.8 Å². The predicted molar refractivity (Wildman–Crippen MR) is 149 cm³/mol. The van der Waals surface area contributed by atoms with Gasteiger partial charge in [-0.15, -0.1) is 0 Å². The summed E-state index contributed by atoms with van der Waals surface area (Å²) in [7, 11) is 3.88. The average molecular weight is 566 g/mol. The van der Waals surface area contributed by atoms with E-state index in [4.69, 9.17) is 4.74 Å². The summed E-state index contributed by atoms with van der Waals surface area (Å²) in [4.78, 5) is 28.7. The van der Waals surface area contributed by atoms with Crippen LogP contribution in [0.25, 0.3) is 33.4 Å². The van der Waals surface area contributed by atoms with Crippen LogP contribution in [0.15, 0.2) is 67.1 Å². The fourth-order valence-corrected chi connectivity index (χ4v) is 5.00. The fourth-order valence-electron chi connectivity index (χ4n) is 5.00. The molecule has 0 bridgehead atoms. The summed E-state index contributed by atoms with van der Waals surface area (Å²) < 4.78 is 50.8. The van der Waals surface area contributed by atoms with Gasteiger partial charge in [0.1, 0.15) is 12.4 Å². The van der Waals surface area contributed by atoms with Gasteiger partial charge in [-0.05, 0) is 62.8 Å². The number of likely N-dealkylation sites (tertiary alicyclic amines) is 1. The Balaban J connectivity index is 1.47. The zero-order valence-corrected chi connectivity index (χ0v) is 22.7. The Hall–Kier alpha value is -4.38. The number of hydrogen-bond acceptors (Lipinski definition) is 6. The van der Waals surface area contributed by atoms with E-state index in [0.717, 1.165) is 18.9 Å². The number of likely N-dealkylation sites (N-methyl/N-ethyl adjacent to an activating group) is 1. The maximum absolute atomic E-state index is 14.3. The first kappa shape index (κ1) is 28.2. The molecule has 3 aromatic heterocycles. The molecule has 8 nitrogen and oxygen atoms in total. The number of nitrogens with one attached hydrogen (secondary N) is 1. The first-order valence-corrected chi connectivity index (χ1v) is 13.2. The Morgan fingerprint density at radius 2 is 2.07 bits per heavy atom. The molecule has 1 aliphatic heterocycles. The standard InChI is InChI=1S/C30H30F3N5O3/c1-37(2)14-5-8-26(39)38-15-4-6-20(38)18-40-25-17-34-13-11-21(25)28-27(29-23(36-28)7-3-12-35-29)19-9-10-22(31)24(16-19)41-30(32)33/h3,5,7-13,16-17,20,30,36H,4,6,14-15,18H2,1-2H3/b8-5+/t20-/m0/s1. The summed E-state index contributed by atoms with van der Waals surface area (Å²) in [5.74, 6) is -1.05. The third-order valence-electron chi connectivity index (χ3n) is 6.87. The number of pyridine rings is 2. The highest BCUT2D eigenvalue weighted by Crippen LogP contribution is 2.42. The van der Waals surface area contributed by atoms with Gasteiger partial charge in [0, 0.05) is 42.7 Å². The van der Waals surface area contributed by atoms with Gasteiger partial charge in [-0.3, -0.25) is 14.8 Å². The number of fused-ring (bicyclic) bond motifs is 1. The fraction of sp³-hybridized carbons (Fsp3) is 0.300. The minimum absolute atomic E-state index is 0.0496. The van der Waals surface area contributed by atoms with Crippen molar-refractivity contribution < 1.29 is 27.4 Å². The Bertz CT molecular complexity index is 1560. The summed E-state index contributed by atoms with van der Waals surface area (Å²) in [5, 5.41) is 0. The Morgan fingerprint density at radius 1 is 1.22 bits per heavy atom. The van der Waals surface area contributed by atoms with Crippen LogP contribution < -0.4 is 9.47 Å². The van der Waals surface area contributed by atoms with Crippen molar-refractivity contribution in [1.29, 1.82) is 0 Å². The number of hydrogen-bond donors (Lipinski definition) is 1. The maximum Gasteiger partial charge on any atom is 0.387 e. The first-order valence-electron chi connectivity index (χ1n) is 13.2. The molecule has 1 fully saturated rings. The average Bonchev–Trinajstić information content (AvgIpc) is 3.58. The molecule has 4 aromatic rings. The molecule has 11 heteroatoms. The molecule has 1 N–H and O–H groups in total. The number of ether oxygens (including phenoxy) is 2. The number of H-pyrrole nitrogens is 1. The number of aromatic amines is 1. The third kappa shape index (κ3) is 6.35. The quantitative estimate of drug-likeness (QED) is 0.255. The number of amides is 1. The molecule has 1 aliphatic rings. The topological polar surface area (TPSA) is 83.6 Å². The van der Waals surface area contributed by atoms with Crippen LogP contribution in [0.4, 0.5) is 13.2 Å². The van der Waals surface area contributed by atoms with Crippen LogP contribution in [0, 0.1) is 5.82 Å². The van der Waals surface area contributed by atoms with Crippen LogP contribution in [0.5, 0.6) is 11.5 Å². The van der Waals surface area contributed by atoms with Crippen LogP contribution in [0.1, 0.15) is 12.8 Å². The van der Waals surface area contributed by atoms with E-state index in [1.165, 1.54) is 12.1 Å². The summed E-state index contributed by atoms with van der Waals surface area (Å²) in [5.41, 5.74) is 3.50. The molecule has 0 saturated carbocycles. The normalized spacial score (nSPS) is 15.5. The Kier molecular flexibility index (Phi) is 8.53. The zero-order chi connectivity index (χ0) is 28.9. The van der Waals surface area contributed by atoms with Crippen molar-refractivity contribution in [3.8, 4) is 33.9 Å². The molecule has 1 aromatic carbocycles. The summed E-state index contributed by atoms with van der Waals surface area (Å²) >= 11 is 0. The van der Waals surface area contributed by atoms with Crippen LogP contribution in [0.3, 0.4) is 0 Å². The van der Waals surface area contributed by atoms with Crippen LogP contribution in [0.2, 0.25) is 0 Å². The minimum Gasteiger partial charge on any atom is -0.489 e. The molecule has 0 spiro atoms. The van der Waals surface area contributed by atoms with Crippen molar-refractivity contribution >= 4 is 16.9 Å². The van der Waals surface area contributed by atoms with Crippen molar-refractivity contribution in [2.45, 2.75) is 25.5 Å². The Labute approximate surface area is 235 Å². The second-order valence-corrected chi connectivity index (χ2v) is 9.97. The van der Waals surface area contributed by atoms with Gasteiger partial charge in [0.25, 0.3) is 0 Å². The van der Waals surface area contributed by atoms with Crippen molar-refractivity contribution in [2.75, 3.05) is 33.8 Å². The number of rotatable bonds is 10. The van der Waals surface area contributed by atoms with E-state index in [-0.39, 0.29) is 18.6 Å². The van der Waals surface area contributed by atoms with E-state index in [1.54, 1.807) is 36.8 Å². The molecule has 5 rings (SSSR count). The van der Waals surface area contributed by atoms with Crippen LogP contribution in [-0.2, 0) is 4.79 Å². The smallest absolute Gasteiger partial charge is 0.387 e. The lowest BCUT2D eigenvalue weighted by molar-refractivity contribution is -0.127. The molecule has 4 heterocycles. The number of benzene rings is 1. The van der Waals surface area contributed by atoms with Gasteiger partial charge in [-0.2, -0.15) is 8.78 Å². The predicted octanol–water partition coefficient (Wildman–Crippen LogP) is 5.52. The molecule has 41 heavy (non-hydrogen) atoms. The number of carbonyl (C=O) groups is 1. The van der Waals surface area contributed by atoms with E-state index in [1.807, 2.05) is 36.0 Å². The molecule has 0 radical (unpaired) electrons. The van der Waals surface area contributed by atoms with Crippen LogP contribution in [-0.4, -0.2) is 77.1 Å². The number of alkyl halides is 2. The van der Waals surface area contributed by atoms with Gasteiger partial charge in [0.2, 0.25) is 5.91 Å². The van der Waals surface area contributed by atoms with Gasteiger partial charge in [0.15, 0.2) is 11.6 Å². The van der Waals surface area contributed by atoms with Gasteiger partial charge >= 0.3 is 6.61 Å². The maximum atomic E-state index is 14.3. The first-order chi connectivity index (χ1) is 19.8. The lowest BCUT2D eigenvalue weighted by Crippen LogP contribution is -2.38. The van der Waals surface area contributed by atoms with Crippen molar-refractivity contribution in [3.63, 3.8) is 0 Å². The summed E-state index contributed by atoms with van der Waals surface area (Å²) in [6.45, 7) is -1.58. The summed E-state index contributed by atoms with van der Waals surface area (Å²) in [6.07, 6.45) is 9.96. The number of carbonyl (C=O) groups excluding carboxylic acids is 1. The third-order valence-corrected chi connectivity index (χ3v) is 6.87. The highest BCUT2D eigenvalue weighted by Gasteiger charge is 2.29. The Morgan fingerprint density at radius 3 is 2.88 bits per heavy atom. The second-order valence-electron chi connectivity index (χ2n) is 9.97. The van der Waals surface area contributed by atoms with Crippen LogP contribution >= 0.6 is 0 Å². The molecule has 214 valence electrons. The van der Waals surface area contributed by atoms with E-state index in [2.05, 4.69) is 19.7 Å². The van der Waals surface area contributed by atoms with Gasteiger partial charge in [-0.1, -0.05) is 12.1 Å². The van der Waals surface area contributed by atoms with Crippen molar-refractivity contribution in [2.24, 2.45) is 0 Å². The number of aromatic nitrogens is 3. The lowest BCUT2D eigenvalue weighted by Gasteiger charge is -2.24. The highest BCUT2D eigenvalue weighted by molar-refractivity contribution is 6.02. The minimum atomic E-state index is -3.17. The van der Waals surface area contributed by atoms with E-state index < -0.39 is 18.2 Å². The lowest BCUT2D eigenvalue weighted by atomic mass is 10.00. The molecule has 1 amide bonds. The molecular formula is C30H30F3N5O3. The number of halogens is 3. The second kappa shape index (κ2) is 12.4. The van der Waals surface area contributed by atoms with Gasteiger partial charge < -0.3 is 24.3 Å². The highest BCUT2D eigenvalue weighted by atomic mass is 19.3. The molecule has 0 unspecified atom stereocenters. The molecule has 0 aliphatic carbocycles. The monoisotopic (exact) mass is 565 g/mol. The summed E-state index contributed by atoms with van der Waals surface area (Å²) in [6, 6.07) is 9.08. The van der Waals surface area contributed by atoms with Gasteiger partial charge in [-0.25, -0.2) is 4.39 Å². The zero-order valence-electron chi connectivity index (χ0n) is 22.7. The van der Waals surface area contributed by atoms with E-state index >= 15 is 0 Å². The molecule has 1 atom stereocenters. The number of nitrogens with zero attached hydrogens (tertiary/aromatic N) is 4. The van der Waals surface area contributed by atoms with E-state index in [0.29, 0.717) is 52.3 Å². The SMILES string of the molecule is CN(C)C/C=C/C(=O)N1CCC[C@H]1COc1cnccc1-c1[nH]c2cccnc2c1-c1ccc(F)c(OC(F)F)c1.